The average Bonchev–Trinajstić information content (AvgIpc) is 2.75. The van der Waals surface area contributed by atoms with Crippen molar-refractivity contribution >= 4 is 11.6 Å². The van der Waals surface area contributed by atoms with Crippen LogP contribution in [0.25, 0.3) is 0 Å². The molecule has 148 valence electrons. The van der Waals surface area contributed by atoms with Gasteiger partial charge in [-0.1, -0.05) is 36.4 Å². The Bertz CT molecular complexity index is 805. The van der Waals surface area contributed by atoms with Gasteiger partial charge in [0.05, 0.1) is 0 Å². The van der Waals surface area contributed by atoms with Crippen LogP contribution in [0.4, 0.5) is 5.69 Å². The number of likely N-dealkylation sites (N-methyl/N-ethyl adjacent to an activating group) is 1. The fourth-order valence-electron chi connectivity index (χ4n) is 4.37. The first-order valence-corrected chi connectivity index (χ1v) is 10.6. The summed E-state index contributed by atoms with van der Waals surface area (Å²) in [5.41, 5.74) is 4.64. The molecule has 0 spiro atoms. The maximum Gasteiger partial charge on any atom is 0.254 e. The van der Waals surface area contributed by atoms with Crippen molar-refractivity contribution in [1.82, 2.24) is 9.80 Å². The molecule has 2 saturated heterocycles. The first-order chi connectivity index (χ1) is 13.7. The molecule has 28 heavy (non-hydrogen) atoms. The van der Waals surface area contributed by atoms with Crippen molar-refractivity contribution < 1.29 is 4.79 Å². The molecule has 4 rings (SSSR count). The standard InChI is InChI=1S/C24H31N3O/c1-25-15-17-26(18-16-25)23-12-6-4-10-21(23)19-20-9-3-5-11-22(20)24(28)27-13-7-2-8-14-27/h3-6,9-12H,2,7-8,13-19H2,1H3. The number of hydrogen-bond donors (Lipinski definition) is 0. The smallest absolute Gasteiger partial charge is 0.254 e. The van der Waals surface area contributed by atoms with E-state index in [0.717, 1.165) is 69.7 Å². The summed E-state index contributed by atoms with van der Waals surface area (Å²) in [5, 5.41) is 0. The number of nitrogens with zero attached hydrogens (tertiary/aromatic N) is 3. The molecule has 0 radical (unpaired) electrons. The summed E-state index contributed by atoms with van der Waals surface area (Å²) in [4.78, 5) is 20.1. The number of carbonyl (C=O) groups excluding carboxylic acids is 1. The highest BCUT2D eigenvalue weighted by atomic mass is 16.2. The average molecular weight is 378 g/mol. The molecule has 0 aromatic heterocycles. The van der Waals surface area contributed by atoms with Crippen LogP contribution in [-0.4, -0.2) is 62.0 Å². The third-order valence-electron chi connectivity index (χ3n) is 6.11. The maximum absolute atomic E-state index is 13.1. The molecule has 2 fully saturated rings. The second-order valence-electron chi connectivity index (χ2n) is 8.11. The minimum atomic E-state index is 0.201. The van der Waals surface area contributed by atoms with Crippen LogP contribution in [0.15, 0.2) is 48.5 Å². The van der Waals surface area contributed by atoms with Crippen LogP contribution in [0.2, 0.25) is 0 Å². The first-order valence-electron chi connectivity index (χ1n) is 10.6. The highest BCUT2D eigenvalue weighted by molar-refractivity contribution is 5.96. The van der Waals surface area contributed by atoms with Crippen LogP contribution in [0.1, 0.15) is 40.7 Å². The monoisotopic (exact) mass is 377 g/mol. The molecule has 2 aliphatic heterocycles. The van der Waals surface area contributed by atoms with Gasteiger partial charge in [-0.05, 0) is 49.6 Å². The topological polar surface area (TPSA) is 26.8 Å². The van der Waals surface area contributed by atoms with Crippen LogP contribution < -0.4 is 4.90 Å². The number of piperidine rings is 1. The Morgan fingerprint density at radius 2 is 1.43 bits per heavy atom. The lowest BCUT2D eigenvalue weighted by Crippen LogP contribution is -2.44. The van der Waals surface area contributed by atoms with Gasteiger partial charge in [0.2, 0.25) is 0 Å². The van der Waals surface area contributed by atoms with E-state index in [-0.39, 0.29) is 5.91 Å². The lowest BCUT2D eigenvalue weighted by Gasteiger charge is -2.35. The van der Waals surface area contributed by atoms with Gasteiger partial charge < -0.3 is 14.7 Å². The molecule has 0 N–H and O–H groups in total. The Hall–Kier alpha value is -2.33. The predicted molar refractivity (Wildman–Crippen MR) is 115 cm³/mol. The van der Waals surface area contributed by atoms with E-state index in [1.807, 2.05) is 17.0 Å². The van der Waals surface area contributed by atoms with Crippen LogP contribution in [-0.2, 0) is 6.42 Å². The minimum absolute atomic E-state index is 0.201. The quantitative estimate of drug-likeness (QED) is 0.814. The van der Waals surface area contributed by atoms with Crippen molar-refractivity contribution in [3.05, 3.63) is 65.2 Å². The molecule has 0 unspecified atom stereocenters. The third-order valence-corrected chi connectivity index (χ3v) is 6.11. The van der Waals surface area contributed by atoms with E-state index >= 15 is 0 Å². The maximum atomic E-state index is 13.1. The van der Waals surface area contributed by atoms with E-state index in [1.54, 1.807) is 0 Å². The molecule has 0 bridgehead atoms. The first kappa shape index (κ1) is 19.0. The molecule has 2 aromatic carbocycles. The van der Waals surface area contributed by atoms with Crippen molar-refractivity contribution in [2.75, 3.05) is 51.2 Å². The number of piperazine rings is 1. The summed E-state index contributed by atoms with van der Waals surface area (Å²) < 4.78 is 0. The number of hydrogen-bond acceptors (Lipinski definition) is 3. The molecular weight excluding hydrogens is 346 g/mol. The number of para-hydroxylation sites is 1. The van der Waals surface area contributed by atoms with E-state index in [4.69, 9.17) is 0 Å². The Kier molecular flexibility index (Phi) is 5.96. The van der Waals surface area contributed by atoms with Gasteiger partial charge in [-0.25, -0.2) is 0 Å². The Labute approximate surface area is 168 Å². The molecule has 0 saturated carbocycles. The van der Waals surface area contributed by atoms with Gasteiger partial charge in [-0.2, -0.15) is 0 Å². The molecule has 0 aliphatic carbocycles. The number of benzene rings is 2. The van der Waals surface area contributed by atoms with E-state index < -0.39 is 0 Å². The zero-order valence-corrected chi connectivity index (χ0v) is 16.9. The fraction of sp³-hybridized carbons (Fsp3) is 0.458. The highest BCUT2D eigenvalue weighted by Gasteiger charge is 2.22. The third kappa shape index (κ3) is 4.22. The molecular formula is C24H31N3O. The molecule has 2 aromatic rings. The molecule has 1 amide bonds. The van der Waals surface area contributed by atoms with Gasteiger partial charge in [0, 0.05) is 56.9 Å². The van der Waals surface area contributed by atoms with Gasteiger partial charge in [-0.15, -0.1) is 0 Å². The normalized spacial score (nSPS) is 18.3. The largest absolute Gasteiger partial charge is 0.369 e. The highest BCUT2D eigenvalue weighted by Crippen LogP contribution is 2.26. The van der Waals surface area contributed by atoms with Crippen molar-refractivity contribution in [3.8, 4) is 0 Å². The Balaban J connectivity index is 1.58. The van der Waals surface area contributed by atoms with Crippen molar-refractivity contribution in [1.29, 1.82) is 0 Å². The van der Waals surface area contributed by atoms with E-state index in [9.17, 15) is 4.79 Å². The summed E-state index contributed by atoms with van der Waals surface area (Å²) in [6.45, 7) is 6.09. The number of anilines is 1. The van der Waals surface area contributed by atoms with E-state index in [1.165, 1.54) is 17.7 Å². The summed E-state index contributed by atoms with van der Waals surface area (Å²) >= 11 is 0. The minimum Gasteiger partial charge on any atom is -0.369 e. The predicted octanol–water partition coefficient (Wildman–Crippen LogP) is 3.66. The van der Waals surface area contributed by atoms with Gasteiger partial charge in [0.25, 0.3) is 5.91 Å². The second kappa shape index (κ2) is 8.78. The SMILES string of the molecule is CN1CCN(c2ccccc2Cc2ccccc2C(=O)N2CCCCC2)CC1. The zero-order chi connectivity index (χ0) is 19.3. The summed E-state index contributed by atoms with van der Waals surface area (Å²) in [7, 11) is 2.19. The molecule has 2 heterocycles. The Morgan fingerprint density at radius 1 is 0.786 bits per heavy atom. The number of carbonyl (C=O) groups is 1. The molecule has 0 atom stereocenters. The fourth-order valence-corrected chi connectivity index (χ4v) is 4.37. The van der Waals surface area contributed by atoms with Gasteiger partial charge in [0.1, 0.15) is 0 Å². The zero-order valence-electron chi connectivity index (χ0n) is 16.9. The van der Waals surface area contributed by atoms with Gasteiger partial charge in [-0.3, -0.25) is 4.79 Å². The summed E-state index contributed by atoms with van der Waals surface area (Å²) in [6, 6.07) is 16.9. The van der Waals surface area contributed by atoms with Crippen LogP contribution in [0.5, 0.6) is 0 Å². The van der Waals surface area contributed by atoms with Crippen molar-refractivity contribution in [2.24, 2.45) is 0 Å². The number of likely N-dealkylation sites (tertiary alicyclic amines) is 1. The summed E-state index contributed by atoms with van der Waals surface area (Å²) in [5.74, 6) is 0.201. The molecule has 4 nitrogen and oxygen atoms in total. The van der Waals surface area contributed by atoms with Crippen molar-refractivity contribution in [3.63, 3.8) is 0 Å². The second-order valence-corrected chi connectivity index (χ2v) is 8.11. The van der Waals surface area contributed by atoms with Crippen LogP contribution in [0.3, 0.4) is 0 Å². The van der Waals surface area contributed by atoms with E-state index in [0.29, 0.717) is 0 Å². The van der Waals surface area contributed by atoms with Gasteiger partial charge in [0.15, 0.2) is 0 Å². The lowest BCUT2D eigenvalue weighted by atomic mass is 9.96. The lowest BCUT2D eigenvalue weighted by molar-refractivity contribution is 0.0723. The van der Waals surface area contributed by atoms with Crippen LogP contribution in [0, 0.1) is 0 Å². The number of amides is 1. The van der Waals surface area contributed by atoms with E-state index in [2.05, 4.69) is 53.2 Å². The molecule has 2 aliphatic rings. The van der Waals surface area contributed by atoms with Gasteiger partial charge >= 0.3 is 0 Å². The van der Waals surface area contributed by atoms with Crippen LogP contribution >= 0.6 is 0 Å². The number of rotatable bonds is 4. The Morgan fingerprint density at radius 3 is 2.18 bits per heavy atom. The summed E-state index contributed by atoms with van der Waals surface area (Å²) in [6.07, 6.45) is 4.29. The van der Waals surface area contributed by atoms with Crippen molar-refractivity contribution in [2.45, 2.75) is 25.7 Å². The molecule has 4 heteroatoms.